The molecule has 92 valence electrons. The van der Waals surface area contributed by atoms with Gasteiger partial charge in [-0.2, -0.15) is 0 Å². The van der Waals surface area contributed by atoms with E-state index in [9.17, 15) is 0 Å². The van der Waals surface area contributed by atoms with Crippen molar-refractivity contribution in [3.63, 3.8) is 0 Å². The molecule has 0 bridgehead atoms. The van der Waals surface area contributed by atoms with Gasteiger partial charge in [-0.05, 0) is 31.6 Å². The molecule has 1 saturated carbocycles. The summed E-state index contributed by atoms with van der Waals surface area (Å²) < 4.78 is 11.4. The second-order valence-electron chi connectivity index (χ2n) is 5.96. The van der Waals surface area contributed by atoms with Gasteiger partial charge in [0.15, 0.2) is 0 Å². The first-order valence-electron chi connectivity index (χ1n) is 6.74. The normalized spacial score (nSPS) is 48.2. The summed E-state index contributed by atoms with van der Waals surface area (Å²) in [7, 11) is 0. The first-order chi connectivity index (χ1) is 7.76. The molecular weight excluding hydrogens is 202 g/mol. The van der Waals surface area contributed by atoms with Crippen molar-refractivity contribution in [1.29, 1.82) is 0 Å². The Bertz CT molecular complexity index is 244. The molecule has 3 nitrogen and oxygen atoms in total. The molecule has 0 amide bonds. The van der Waals surface area contributed by atoms with E-state index in [1.54, 1.807) is 0 Å². The third-order valence-electron chi connectivity index (χ3n) is 4.41. The van der Waals surface area contributed by atoms with Gasteiger partial charge in [0.2, 0.25) is 0 Å². The van der Waals surface area contributed by atoms with Crippen LogP contribution in [0.5, 0.6) is 0 Å². The van der Waals surface area contributed by atoms with Crippen molar-refractivity contribution in [3.8, 4) is 0 Å². The maximum Gasteiger partial charge on any atom is 0.0951 e. The van der Waals surface area contributed by atoms with Crippen molar-refractivity contribution in [2.24, 2.45) is 5.92 Å². The maximum absolute atomic E-state index is 5.95. The zero-order valence-corrected chi connectivity index (χ0v) is 10.2. The van der Waals surface area contributed by atoms with E-state index in [2.05, 4.69) is 12.2 Å². The van der Waals surface area contributed by atoms with Gasteiger partial charge < -0.3 is 14.8 Å². The molecule has 2 unspecified atom stereocenters. The Hall–Kier alpha value is -0.120. The largest absolute Gasteiger partial charge is 0.378 e. The second kappa shape index (κ2) is 4.28. The van der Waals surface area contributed by atoms with Crippen LogP contribution in [0.15, 0.2) is 0 Å². The van der Waals surface area contributed by atoms with Crippen LogP contribution in [0, 0.1) is 5.92 Å². The zero-order valence-electron chi connectivity index (χ0n) is 10.2. The predicted octanol–water partition coefficient (Wildman–Crippen LogP) is 1.71. The fourth-order valence-corrected chi connectivity index (χ4v) is 3.41. The number of hydrogen-bond donors (Lipinski definition) is 1. The minimum Gasteiger partial charge on any atom is -0.378 e. The lowest BCUT2D eigenvalue weighted by atomic mass is 9.80. The Morgan fingerprint density at radius 2 is 2.06 bits per heavy atom. The summed E-state index contributed by atoms with van der Waals surface area (Å²) in [4.78, 5) is 0. The van der Waals surface area contributed by atoms with Crippen LogP contribution in [-0.2, 0) is 9.47 Å². The average molecular weight is 225 g/mol. The van der Waals surface area contributed by atoms with E-state index in [1.807, 2.05) is 0 Å². The van der Waals surface area contributed by atoms with E-state index >= 15 is 0 Å². The van der Waals surface area contributed by atoms with E-state index < -0.39 is 0 Å². The minimum atomic E-state index is 0.0608. The van der Waals surface area contributed by atoms with Crippen molar-refractivity contribution < 1.29 is 9.47 Å². The molecule has 1 spiro atoms. The van der Waals surface area contributed by atoms with Gasteiger partial charge in [0.05, 0.1) is 12.2 Å². The summed E-state index contributed by atoms with van der Waals surface area (Å²) in [5.74, 6) is 0.932. The van der Waals surface area contributed by atoms with Crippen molar-refractivity contribution in [1.82, 2.24) is 5.32 Å². The summed E-state index contributed by atoms with van der Waals surface area (Å²) in [6, 6.07) is 1.44. The first-order valence-corrected chi connectivity index (χ1v) is 6.74. The van der Waals surface area contributed by atoms with E-state index in [0.717, 1.165) is 44.6 Å². The van der Waals surface area contributed by atoms with Gasteiger partial charge in [-0.15, -0.1) is 0 Å². The third kappa shape index (κ3) is 2.13. The van der Waals surface area contributed by atoms with Crippen LogP contribution >= 0.6 is 0 Å². The Kier molecular flexibility index (Phi) is 2.94. The van der Waals surface area contributed by atoms with E-state index in [-0.39, 0.29) is 5.60 Å². The highest BCUT2D eigenvalue weighted by Gasteiger charge is 2.41. The standard InChI is InChI=1S/C13H23NO2/c1-10-6-12(7-10)14-11-2-4-16-13(8-11)3-5-15-9-13/h10-12,14H,2-9H2,1H3. The number of nitrogens with one attached hydrogen (secondary N) is 1. The number of hydrogen-bond acceptors (Lipinski definition) is 3. The highest BCUT2D eigenvalue weighted by atomic mass is 16.6. The molecule has 2 heterocycles. The monoisotopic (exact) mass is 225 g/mol. The van der Waals surface area contributed by atoms with Crippen molar-refractivity contribution in [2.75, 3.05) is 19.8 Å². The summed E-state index contributed by atoms with van der Waals surface area (Å²) in [5.41, 5.74) is 0.0608. The molecule has 0 aromatic rings. The van der Waals surface area contributed by atoms with E-state index in [4.69, 9.17) is 9.47 Å². The fourth-order valence-electron chi connectivity index (χ4n) is 3.41. The first kappa shape index (κ1) is 11.0. The van der Waals surface area contributed by atoms with Crippen LogP contribution in [-0.4, -0.2) is 37.5 Å². The van der Waals surface area contributed by atoms with Gasteiger partial charge in [0.1, 0.15) is 0 Å². The zero-order chi connectivity index (χ0) is 11.0. The molecule has 2 aliphatic heterocycles. The SMILES string of the molecule is CC1CC(NC2CCOC3(CCOC3)C2)C1. The Labute approximate surface area is 97.9 Å². The molecule has 1 aliphatic carbocycles. The van der Waals surface area contributed by atoms with Gasteiger partial charge in [0, 0.05) is 31.7 Å². The maximum atomic E-state index is 5.95. The quantitative estimate of drug-likeness (QED) is 0.776. The summed E-state index contributed by atoms with van der Waals surface area (Å²) in [5, 5.41) is 3.80. The number of ether oxygens (including phenoxy) is 2. The Morgan fingerprint density at radius 1 is 1.19 bits per heavy atom. The topological polar surface area (TPSA) is 30.5 Å². The molecule has 2 saturated heterocycles. The molecule has 3 aliphatic rings. The fraction of sp³-hybridized carbons (Fsp3) is 1.00. The molecule has 0 radical (unpaired) electrons. The van der Waals surface area contributed by atoms with Crippen LogP contribution < -0.4 is 5.32 Å². The van der Waals surface area contributed by atoms with Gasteiger partial charge in [-0.3, -0.25) is 0 Å². The summed E-state index contributed by atoms with van der Waals surface area (Å²) in [6.45, 7) is 4.94. The lowest BCUT2D eigenvalue weighted by Gasteiger charge is -2.42. The molecule has 1 N–H and O–H groups in total. The highest BCUT2D eigenvalue weighted by Crippen LogP contribution is 2.34. The second-order valence-corrected chi connectivity index (χ2v) is 5.96. The molecule has 16 heavy (non-hydrogen) atoms. The molecule has 3 fully saturated rings. The van der Waals surface area contributed by atoms with Crippen molar-refractivity contribution in [2.45, 2.75) is 56.7 Å². The Morgan fingerprint density at radius 3 is 2.75 bits per heavy atom. The lowest BCUT2D eigenvalue weighted by molar-refractivity contribution is -0.0917. The van der Waals surface area contributed by atoms with Crippen LogP contribution in [0.4, 0.5) is 0 Å². The molecule has 0 aromatic heterocycles. The lowest BCUT2D eigenvalue weighted by Crippen LogP contribution is -2.52. The van der Waals surface area contributed by atoms with Crippen LogP contribution in [0.1, 0.15) is 39.0 Å². The van der Waals surface area contributed by atoms with Gasteiger partial charge in [0.25, 0.3) is 0 Å². The number of rotatable bonds is 2. The van der Waals surface area contributed by atoms with Gasteiger partial charge in [-0.1, -0.05) is 6.92 Å². The smallest absolute Gasteiger partial charge is 0.0951 e. The molecule has 2 atom stereocenters. The van der Waals surface area contributed by atoms with Crippen LogP contribution in [0.25, 0.3) is 0 Å². The van der Waals surface area contributed by atoms with Gasteiger partial charge in [-0.25, -0.2) is 0 Å². The highest BCUT2D eigenvalue weighted by molar-refractivity contribution is 4.95. The third-order valence-corrected chi connectivity index (χ3v) is 4.41. The summed E-state index contributed by atoms with van der Waals surface area (Å²) in [6.07, 6.45) is 6.14. The Balaban J connectivity index is 1.52. The molecular formula is C13H23NO2. The summed E-state index contributed by atoms with van der Waals surface area (Å²) >= 11 is 0. The van der Waals surface area contributed by atoms with Crippen LogP contribution in [0.2, 0.25) is 0 Å². The molecule has 0 aromatic carbocycles. The van der Waals surface area contributed by atoms with Gasteiger partial charge >= 0.3 is 0 Å². The van der Waals surface area contributed by atoms with Crippen molar-refractivity contribution >= 4 is 0 Å². The average Bonchev–Trinajstić information content (AvgIpc) is 2.64. The predicted molar refractivity (Wildman–Crippen MR) is 62.5 cm³/mol. The minimum absolute atomic E-state index is 0.0608. The van der Waals surface area contributed by atoms with E-state index in [0.29, 0.717) is 6.04 Å². The molecule has 3 rings (SSSR count). The molecule has 3 heteroatoms. The van der Waals surface area contributed by atoms with Crippen LogP contribution in [0.3, 0.4) is 0 Å². The van der Waals surface area contributed by atoms with E-state index in [1.165, 1.54) is 19.3 Å². The van der Waals surface area contributed by atoms with Crippen molar-refractivity contribution in [3.05, 3.63) is 0 Å².